The van der Waals surface area contributed by atoms with Crippen LogP contribution in [0.25, 0.3) is 0 Å². The Bertz CT molecular complexity index is 620. The van der Waals surface area contributed by atoms with Crippen LogP contribution in [0.2, 0.25) is 0 Å². The monoisotopic (exact) mass is 279 g/mol. The van der Waals surface area contributed by atoms with Crippen molar-refractivity contribution < 1.29 is 8.42 Å². The normalized spacial score (nSPS) is 11.6. The largest absolute Gasteiger partial charge is 0.332 e. The highest BCUT2D eigenvalue weighted by Gasteiger charge is 2.15. The molecule has 0 radical (unpaired) electrons. The summed E-state index contributed by atoms with van der Waals surface area (Å²) in [7, 11) is -3.49. The average molecular weight is 279 g/mol. The van der Waals surface area contributed by atoms with E-state index in [0.29, 0.717) is 25.2 Å². The van der Waals surface area contributed by atoms with Gasteiger partial charge in [-0.05, 0) is 12.0 Å². The molecule has 2 rings (SSSR count). The van der Waals surface area contributed by atoms with Gasteiger partial charge in [-0.25, -0.2) is 18.1 Å². The Hall–Kier alpha value is -1.66. The second-order valence-corrected chi connectivity index (χ2v) is 5.92. The summed E-state index contributed by atoms with van der Waals surface area (Å²) in [5, 5.41) is 0.123. The molecule has 1 aromatic carbocycles. The number of nitrogens with zero attached hydrogens (tertiary/aromatic N) is 1. The van der Waals surface area contributed by atoms with Crippen molar-refractivity contribution in [2.24, 2.45) is 0 Å². The van der Waals surface area contributed by atoms with Crippen LogP contribution in [0.5, 0.6) is 0 Å². The summed E-state index contributed by atoms with van der Waals surface area (Å²) in [5.41, 5.74) is 1.10. The number of aromatic nitrogens is 2. The highest BCUT2D eigenvalue weighted by Crippen LogP contribution is 2.06. The molecule has 0 aliphatic carbocycles. The zero-order valence-electron chi connectivity index (χ0n) is 10.8. The lowest BCUT2D eigenvalue weighted by Gasteiger charge is -2.04. The van der Waals surface area contributed by atoms with Crippen LogP contribution in [-0.4, -0.2) is 24.9 Å². The van der Waals surface area contributed by atoms with Crippen LogP contribution in [0.15, 0.2) is 41.6 Å². The molecule has 2 aromatic rings. The molecule has 102 valence electrons. The Morgan fingerprint density at radius 3 is 2.63 bits per heavy atom. The molecule has 1 heterocycles. The molecule has 5 nitrogen and oxygen atoms in total. The van der Waals surface area contributed by atoms with Gasteiger partial charge < -0.3 is 4.98 Å². The molecule has 0 atom stereocenters. The number of aromatic amines is 1. The standard InChI is InChI=1S/C13H17N3O2S/c1-2-12-14-10-13(16-12)19(17,18)15-9-8-11-6-4-3-5-7-11/h3-7,10,15H,2,8-9H2,1H3,(H,14,16). The lowest BCUT2D eigenvalue weighted by Crippen LogP contribution is -2.26. The van der Waals surface area contributed by atoms with Gasteiger partial charge in [0.25, 0.3) is 10.0 Å². The number of imidazole rings is 1. The van der Waals surface area contributed by atoms with Crippen molar-refractivity contribution in [2.45, 2.75) is 24.8 Å². The SMILES string of the molecule is CCc1ncc(S(=O)(=O)NCCc2ccccc2)[nH]1. The van der Waals surface area contributed by atoms with Crippen LogP contribution in [0.1, 0.15) is 18.3 Å². The van der Waals surface area contributed by atoms with E-state index in [1.165, 1.54) is 6.20 Å². The first-order valence-corrected chi connectivity index (χ1v) is 7.67. The van der Waals surface area contributed by atoms with E-state index in [-0.39, 0.29) is 5.03 Å². The first-order valence-electron chi connectivity index (χ1n) is 6.19. The van der Waals surface area contributed by atoms with Crippen LogP contribution in [0, 0.1) is 0 Å². The van der Waals surface area contributed by atoms with Crippen LogP contribution in [-0.2, 0) is 22.9 Å². The van der Waals surface area contributed by atoms with Gasteiger partial charge >= 0.3 is 0 Å². The fraction of sp³-hybridized carbons (Fsp3) is 0.308. The number of hydrogen-bond donors (Lipinski definition) is 2. The molecule has 0 saturated heterocycles. The summed E-state index contributed by atoms with van der Waals surface area (Å²) >= 11 is 0. The van der Waals surface area contributed by atoms with Gasteiger partial charge in [0.15, 0.2) is 5.03 Å². The average Bonchev–Trinajstić information content (AvgIpc) is 2.89. The zero-order chi connectivity index (χ0) is 13.7. The minimum absolute atomic E-state index is 0.123. The molecule has 0 aliphatic rings. The molecule has 6 heteroatoms. The van der Waals surface area contributed by atoms with Crippen molar-refractivity contribution >= 4 is 10.0 Å². The maximum Gasteiger partial charge on any atom is 0.257 e. The van der Waals surface area contributed by atoms with E-state index in [1.807, 2.05) is 37.3 Å². The van der Waals surface area contributed by atoms with E-state index in [0.717, 1.165) is 5.56 Å². The van der Waals surface area contributed by atoms with E-state index in [1.54, 1.807) is 0 Å². The molecule has 2 N–H and O–H groups in total. The van der Waals surface area contributed by atoms with Crippen LogP contribution in [0.4, 0.5) is 0 Å². The van der Waals surface area contributed by atoms with Crippen molar-refractivity contribution in [3.05, 3.63) is 47.9 Å². The van der Waals surface area contributed by atoms with Crippen molar-refractivity contribution in [2.75, 3.05) is 6.54 Å². The number of sulfonamides is 1. The Balaban J connectivity index is 1.94. The first-order chi connectivity index (χ1) is 9.12. The van der Waals surface area contributed by atoms with Crippen LogP contribution in [0.3, 0.4) is 0 Å². The summed E-state index contributed by atoms with van der Waals surface area (Å²) in [5.74, 6) is 0.670. The van der Waals surface area contributed by atoms with E-state index in [4.69, 9.17) is 0 Å². The number of benzene rings is 1. The molecule has 0 unspecified atom stereocenters. The Morgan fingerprint density at radius 1 is 1.26 bits per heavy atom. The van der Waals surface area contributed by atoms with Gasteiger partial charge in [0.1, 0.15) is 5.82 Å². The highest BCUT2D eigenvalue weighted by atomic mass is 32.2. The van der Waals surface area contributed by atoms with Gasteiger partial charge in [-0.2, -0.15) is 0 Å². The van der Waals surface area contributed by atoms with Crippen LogP contribution >= 0.6 is 0 Å². The summed E-state index contributed by atoms with van der Waals surface area (Å²) in [6.45, 7) is 2.28. The van der Waals surface area contributed by atoms with Gasteiger partial charge in [-0.15, -0.1) is 0 Å². The van der Waals surface area contributed by atoms with E-state index >= 15 is 0 Å². The van der Waals surface area contributed by atoms with Gasteiger partial charge in [-0.1, -0.05) is 37.3 Å². The molecule has 0 fully saturated rings. The van der Waals surface area contributed by atoms with Gasteiger partial charge in [0, 0.05) is 13.0 Å². The lowest BCUT2D eigenvalue weighted by atomic mass is 10.2. The van der Waals surface area contributed by atoms with Gasteiger partial charge in [-0.3, -0.25) is 0 Å². The molecular weight excluding hydrogens is 262 g/mol. The molecule has 1 aromatic heterocycles. The fourth-order valence-corrected chi connectivity index (χ4v) is 2.68. The molecular formula is C13H17N3O2S. The van der Waals surface area contributed by atoms with Crippen molar-refractivity contribution in [3.63, 3.8) is 0 Å². The minimum Gasteiger partial charge on any atom is -0.332 e. The first kappa shape index (κ1) is 13.8. The van der Waals surface area contributed by atoms with E-state index < -0.39 is 10.0 Å². The Kier molecular flexibility index (Phi) is 4.34. The van der Waals surface area contributed by atoms with Gasteiger partial charge in [0.2, 0.25) is 0 Å². The predicted octanol–water partition coefficient (Wildman–Crippen LogP) is 1.49. The Labute approximate surface area is 113 Å². The predicted molar refractivity (Wildman–Crippen MR) is 73.3 cm³/mol. The van der Waals surface area contributed by atoms with Crippen molar-refractivity contribution in [1.82, 2.24) is 14.7 Å². The third-order valence-electron chi connectivity index (χ3n) is 2.78. The molecule has 0 amide bonds. The third kappa shape index (κ3) is 3.65. The molecule has 0 aliphatic heterocycles. The maximum atomic E-state index is 12.0. The lowest BCUT2D eigenvalue weighted by molar-refractivity contribution is 0.578. The quantitative estimate of drug-likeness (QED) is 0.841. The zero-order valence-corrected chi connectivity index (χ0v) is 11.6. The summed E-state index contributed by atoms with van der Waals surface area (Å²) < 4.78 is 26.5. The number of hydrogen-bond acceptors (Lipinski definition) is 3. The Morgan fingerprint density at radius 2 is 2.00 bits per heavy atom. The second kappa shape index (κ2) is 5.99. The van der Waals surface area contributed by atoms with Crippen molar-refractivity contribution in [3.8, 4) is 0 Å². The maximum absolute atomic E-state index is 12.0. The summed E-state index contributed by atoms with van der Waals surface area (Å²) in [6.07, 6.45) is 2.69. The molecule has 0 saturated carbocycles. The molecule has 19 heavy (non-hydrogen) atoms. The topological polar surface area (TPSA) is 74.8 Å². The molecule has 0 spiro atoms. The summed E-state index contributed by atoms with van der Waals surface area (Å²) in [4.78, 5) is 6.78. The molecule has 0 bridgehead atoms. The number of rotatable bonds is 6. The fourth-order valence-electron chi connectivity index (χ4n) is 1.71. The minimum atomic E-state index is -3.49. The van der Waals surface area contributed by atoms with E-state index in [9.17, 15) is 8.42 Å². The van der Waals surface area contributed by atoms with Gasteiger partial charge in [0.05, 0.1) is 6.20 Å². The van der Waals surface area contributed by atoms with E-state index in [2.05, 4.69) is 14.7 Å². The van der Waals surface area contributed by atoms with Crippen LogP contribution < -0.4 is 4.72 Å². The van der Waals surface area contributed by atoms with Crippen molar-refractivity contribution in [1.29, 1.82) is 0 Å². The number of aryl methyl sites for hydroxylation is 1. The number of nitrogens with one attached hydrogen (secondary N) is 2. The highest BCUT2D eigenvalue weighted by molar-refractivity contribution is 7.89. The number of H-pyrrole nitrogens is 1. The third-order valence-corrected chi connectivity index (χ3v) is 4.15. The second-order valence-electron chi connectivity index (χ2n) is 4.18. The summed E-state index contributed by atoms with van der Waals surface area (Å²) in [6, 6.07) is 9.75. The smallest absolute Gasteiger partial charge is 0.257 e.